The molecule has 0 atom stereocenters. The van der Waals surface area contributed by atoms with Gasteiger partial charge in [-0.15, -0.1) is 0 Å². The van der Waals surface area contributed by atoms with Crippen LogP contribution in [0.25, 0.3) is 0 Å². The number of aromatic nitrogens is 2. The molecule has 0 spiro atoms. The summed E-state index contributed by atoms with van der Waals surface area (Å²) in [6.45, 7) is 3.88. The van der Waals surface area contributed by atoms with Crippen LogP contribution >= 0.6 is 11.9 Å². The van der Waals surface area contributed by atoms with Crippen molar-refractivity contribution in [2.24, 2.45) is 5.14 Å². The molecule has 1 aromatic rings. The Hall–Kier alpha value is -0.520. The first-order valence-corrected chi connectivity index (χ1v) is 5.13. The maximum Gasteiger partial charge on any atom is 0.133 e. The van der Waals surface area contributed by atoms with E-state index in [2.05, 4.69) is 16.9 Å². The van der Waals surface area contributed by atoms with E-state index in [9.17, 15) is 0 Å². The fourth-order valence-electron chi connectivity index (χ4n) is 1.21. The summed E-state index contributed by atoms with van der Waals surface area (Å²) in [5.74, 6) is 0. The molecule has 4 nitrogen and oxygen atoms in total. The Balaban J connectivity index is 2.84. The average Bonchev–Trinajstić information content (AvgIpc) is 2.46. The Morgan fingerprint density at radius 1 is 1.62 bits per heavy atom. The van der Waals surface area contributed by atoms with Crippen LogP contribution in [0, 0.1) is 0 Å². The molecule has 0 aromatic carbocycles. The van der Waals surface area contributed by atoms with E-state index in [0.717, 1.165) is 18.1 Å². The van der Waals surface area contributed by atoms with Crippen molar-refractivity contribution in [3.8, 4) is 0 Å². The van der Waals surface area contributed by atoms with E-state index < -0.39 is 0 Å². The molecule has 0 saturated heterocycles. The third-order valence-electron chi connectivity index (χ3n) is 1.74. The third-order valence-corrected chi connectivity index (χ3v) is 2.18. The maximum atomic E-state index is 5.44. The molecule has 5 heteroatoms. The summed E-state index contributed by atoms with van der Waals surface area (Å²) in [7, 11) is 4.09. The zero-order valence-corrected chi connectivity index (χ0v) is 9.14. The summed E-state index contributed by atoms with van der Waals surface area (Å²) in [5, 5.41) is 10.7. The van der Waals surface area contributed by atoms with Crippen LogP contribution in [0.3, 0.4) is 0 Å². The van der Waals surface area contributed by atoms with Crippen molar-refractivity contribution in [2.75, 3.05) is 14.1 Å². The second-order valence-electron chi connectivity index (χ2n) is 3.15. The van der Waals surface area contributed by atoms with E-state index in [4.69, 9.17) is 5.14 Å². The molecule has 0 amide bonds. The zero-order valence-electron chi connectivity index (χ0n) is 8.32. The first kappa shape index (κ1) is 10.6. The number of nitrogens with two attached hydrogens (primary N) is 1. The Labute approximate surface area is 83.2 Å². The van der Waals surface area contributed by atoms with E-state index in [1.165, 1.54) is 17.6 Å². The van der Waals surface area contributed by atoms with E-state index in [-0.39, 0.29) is 0 Å². The number of nitrogens with zero attached hydrogens (tertiary/aromatic N) is 3. The molecule has 0 fully saturated rings. The van der Waals surface area contributed by atoms with Crippen molar-refractivity contribution in [1.82, 2.24) is 14.7 Å². The lowest BCUT2D eigenvalue weighted by Gasteiger charge is -2.09. The molecule has 0 radical (unpaired) electrons. The molecule has 74 valence electrons. The highest BCUT2D eigenvalue weighted by Gasteiger charge is 2.06. The largest absolute Gasteiger partial charge is 0.304 e. The molecule has 0 unspecified atom stereocenters. The van der Waals surface area contributed by atoms with Crippen LogP contribution < -0.4 is 5.14 Å². The molecule has 0 bridgehead atoms. The van der Waals surface area contributed by atoms with Crippen LogP contribution in [0.5, 0.6) is 0 Å². The van der Waals surface area contributed by atoms with E-state index >= 15 is 0 Å². The molecule has 0 aliphatic rings. The predicted molar refractivity (Wildman–Crippen MR) is 55.3 cm³/mol. The van der Waals surface area contributed by atoms with Crippen LogP contribution in [-0.4, -0.2) is 28.8 Å². The predicted octanol–water partition coefficient (Wildman–Crippen LogP) is 0.930. The standard InChI is InChI=1S/C8H16N4S/c1-4-12-7(6-11(2)3)5-8(10-12)13-9/h5H,4,6,9H2,1-3H3. The van der Waals surface area contributed by atoms with Gasteiger partial charge in [0.1, 0.15) is 5.03 Å². The normalized spacial score (nSPS) is 11.2. The van der Waals surface area contributed by atoms with Crippen molar-refractivity contribution in [1.29, 1.82) is 0 Å². The molecular weight excluding hydrogens is 184 g/mol. The Kier molecular flexibility index (Phi) is 3.77. The lowest BCUT2D eigenvalue weighted by atomic mass is 10.4. The summed E-state index contributed by atoms with van der Waals surface area (Å²) < 4.78 is 1.98. The molecular formula is C8H16N4S. The van der Waals surface area contributed by atoms with Crippen molar-refractivity contribution < 1.29 is 0 Å². The van der Waals surface area contributed by atoms with Gasteiger partial charge in [-0.2, -0.15) is 5.10 Å². The molecule has 2 N–H and O–H groups in total. The fourth-order valence-corrected chi connectivity index (χ4v) is 1.56. The summed E-state index contributed by atoms with van der Waals surface area (Å²) in [6, 6.07) is 2.04. The number of rotatable bonds is 4. The van der Waals surface area contributed by atoms with Gasteiger partial charge in [0.15, 0.2) is 0 Å². The topological polar surface area (TPSA) is 47.1 Å². The van der Waals surface area contributed by atoms with Gasteiger partial charge in [0.05, 0.1) is 5.69 Å². The highest BCUT2D eigenvalue weighted by molar-refractivity contribution is 7.97. The van der Waals surface area contributed by atoms with Gasteiger partial charge in [0, 0.05) is 13.1 Å². The zero-order chi connectivity index (χ0) is 9.84. The maximum absolute atomic E-state index is 5.44. The third kappa shape index (κ3) is 2.72. The summed E-state index contributed by atoms with van der Waals surface area (Å²) >= 11 is 1.20. The van der Waals surface area contributed by atoms with Crippen molar-refractivity contribution in [3.63, 3.8) is 0 Å². The van der Waals surface area contributed by atoms with E-state index in [1.807, 2.05) is 24.8 Å². The SMILES string of the molecule is CCn1nc(SN)cc1CN(C)C. The lowest BCUT2D eigenvalue weighted by molar-refractivity contribution is 0.383. The van der Waals surface area contributed by atoms with Gasteiger partial charge in [-0.1, -0.05) is 0 Å². The van der Waals surface area contributed by atoms with Crippen LogP contribution in [0.4, 0.5) is 0 Å². The minimum atomic E-state index is 0.888. The Morgan fingerprint density at radius 2 is 2.31 bits per heavy atom. The molecule has 13 heavy (non-hydrogen) atoms. The second kappa shape index (κ2) is 4.64. The molecule has 1 rings (SSSR count). The van der Waals surface area contributed by atoms with Crippen LogP contribution in [-0.2, 0) is 13.1 Å². The molecule has 0 saturated carbocycles. The first-order chi connectivity index (χ1) is 6.17. The molecule has 1 heterocycles. The summed E-state index contributed by atoms with van der Waals surface area (Å²) in [4.78, 5) is 2.12. The summed E-state index contributed by atoms with van der Waals surface area (Å²) in [6.07, 6.45) is 0. The summed E-state index contributed by atoms with van der Waals surface area (Å²) in [5.41, 5.74) is 1.21. The quantitative estimate of drug-likeness (QED) is 0.735. The van der Waals surface area contributed by atoms with Crippen LogP contribution in [0.1, 0.15) is 12.6 Å². The smallest absolute Gasteiger partial charge is 0.133 e. The fraction of sp³-hybridized carbons (Fsp3) is 0.625. The Morgan fingerprint density at radius 3 is 2.77 bits per heavy atom. The van der Waals surface area contributed by atoms with Gasteiger partial charge in [-0.25, -0.2) is 0 Å². The van der Waals surface area contributed by atoms with Crippen LogP contribution in [0.2, 0.25) is 0 Å². The highest BCUT2D eigenvalue weighted by atomic mass is 32.2. The first-order valence-electron chi connectivity index (χ1n) is 4.25. The van der Waals surface area contributed by atoms with Crippen LogP contribution in [0.15, 0.2) is 11.1 Å². The van der Waals surface area contributed by atoms with Gasteiger partial charge in [-0.3, -0.25) is 9.82 Å². The van der Waals surface area contributed by atoms with Gasteiger partial charge in [-0.05, 0) is 39.0 Å². The molecule has 0 aliphatic heterocycles. The number of hydrogen-bond acceptors (Lipinski definition) is 4. The molecule has 0 aliphatic carbocycles. The van der Waals surface area contributed by atoms with Crippen molar-refractivity contribution >= 4 is 11.9 Å². The average molecular weight is 200 g/mol. The van der Waals surface area contributed by atoms with E-state index in [1.54, 1.807) is 0 Å². The monoisotopic (exact) mass is 200 g/mol. The number of hydrogen-bond donors (Lipinski definition) is 1. The lowest BCUT2D eigenvalue weighted by Crippen LogP contribution is -2.14. The minimum absolute atomic E-state index is 0.888. The highest BCUT2D eigenvalue weighted by Crippen LogP contribution is 2.13. The van der Waals surface area contributed by atoms with Gasteiger partial charge in [0.2, 0.25) is 0 Å². The molecule has 1 aromatic heterocycles. The number of aryl methyl sites for hydroxylation is 1. The van der Waals surface area contributed by atoms with Gasteiger partial charge < -0.3 is 4.90 Å². The van der Waals surface area contributed by atoms with Gasteiger partial charge in [0.25, 0.3) is 0 Å². The Bertz CT molecular complexity index is 269. The van der Waals surface area contributed by atoms with E-state index in [0.29, 0.717) is 0 Å². The van der Waals surface area contributed by atoms with Crippen molar-refractivity contribution in [2.45, 2.75) is 25.0 Å². The second-order valence-corrected chi connectivity index (χ2v) is 3.80. The van der Waals surface area contributed by atoms with Gasteiger partial charge >= 0.3 is 0 Å². The van der Waals surface area contributed by atoms with Crippen molar-refractivity contribution in [3.05, 3.63) is 11.8 Å². The minimum Gasteiger partial charge on any atom is -0.304 e.